The molecule has 5 rings (SSSR count). The van der Waals surface area contributed by atoms with Gasteiger partial charge in [0.1, 0.15) is 11.6 Å². The van der Waals surface area contributed by atoms with Crippen molar-refractivity contribution in [3.8, 4) is 0 Å². The average Bonchev–Trinajstić information content (AvgIpc) is 3.46. The molecule has 3 aromatic heterocycles. The maximum absolute atomic E-state index is 13.1. The summed E-state index contributed by atoms with van der Waals surface area (Å²) in [4.78, 5) is 29.7. The first-order valence-electron chi connectivity index (χ1n) is 10.5. The SMILES string of the molecule is Cc1nc(Nc2ncc(C)s2)cc([C@H]2CCN(C(=O)c3n[nH]c4c3CCCC4)C2)n1. The molecule has 30 heavy (non-hydrogen) atoms. The van der Waals surface area contributed by atoms with Crippen LogP contribution < -0.4 is 5.32 Å². The molecule has 1 aliphatic carbocycles. The lowest BCUT2D eigenvalue weighted by molar-refractivity contribution is 0.0783. The van der Waals surface area contributed by atoms with E-state index < -0.39 is 0 Å². The number of hydrogen-bond donors (Lipinski definition) is 2. The third-order valence-corrected chi connectivity index (χ3v) is 6.69. The number of aromatic amines is 1. The molecule has 1 aliphatic heterocycles. The van der Waals surface area contributed by atoms with Crippen molar-refractivity contribution in [1.29, 1.82) is 0 Å². The molecule has 0 bridgehead atoms. The van der Waals surface area contributed by atoms with E-state index in [1.165, 1.54) is 6.42 Å². The Morgan fingerprint density at radius 3 is 2.97 bits per heavy atom. The highest BCUT2D eigenvalue weighted by molar-refractivity contribution is 7.15. The van der Waals surface area contributed by atoms with E-state index in [4.69, 9.17) is 0 Å². The zero-order valence-electron chi connectivity index (χ0n) is 17.2. The van der Waals surface area contributed by atoms with Gasteiger partial charge in [-0.05, 0) is 46.0 Å². The van der Waals surface area contributed by atoms with Gasteiger partial charge in [0.15, 0.2) is 10.8 Å². The van der Waals surface area contributed by atoms with Gasteiger partial charge in [0.2, 0.25) is 0 Å². The third-order valence-electron chi connectivity index (χ3n) is 5.87. The van der Waals surface area contributed by atoms with E-state index in [9.17, 15) is 4.79 Å². The lowest BCUT2D eigenvalue weighted by Gasteiger charge is -2.17. The number of carbonyl (C=O) groups excluding carboxylic acids is 1. The number of aryl methyl sites for hydroxylation is 3. The van der Waals surface area contributed by atoms with Crippen molar-refractivity contribution >= 4 is 28.2 Å². The third kappa shape index (κ3) is 3.69. The van der Waals surface area contributed by atoms with Crippen molar-refractivity contribution in [3.05, 3.63) is 45.6 Å². The second-order valence-corrected chi connectivity index (χ2v) is 9.33. The molecule has 2 N–H and O–H groups in total. The van der Waals surface area contributed by atoms with Crippen LogP contribution in [-0.2, 0) is 12.8 Å². The molecule has 0 aromatic carbocycles. The largest absolute Gasteiger partial charge is 0.337 e. The molecule has 1 atom stereocenters. The summed E-state index contributed by atoms with van der Waals surface area (Å²) in [5.74, 6) is 1.70. The number of carbonyl (C=O) groups is 1. The molecule has 1 amide bonds. The highest BCUT2D eigenvalue weighted by Crippen LogP contribution is 2.30. The van der Waals surface area contributed by atoms with Crippen LogP contribution in [0.4, 0.5) is 10.9 Å². The van der Waals surface area contributed by atoms with E-state index in [2.05, 4.69) is 30.5 Å². The number of fused-ring (bicyclic) bond motifs is 1. The number of likely N-dealkylation sites (tertiary alicyclic amines) is 1. The first-order valence-corrected chi connectivity index (χ1v) is 11.3. The highest BCUT2D eigenvalue weighted by atomic mass is 32.1. The summed E-state index contributed by atoms with van der Waals surface area (Å²) < 4.78 is 0. The molecule has 1 saturated heterocycles. The van der Waals surface area contributed by atoms with E-state index in [1.807, 2.05) is 31.0 Å². The second-order valence-electron chi connectivity index (χ2n) is 8.10. The van der Waals surface area contributed by atoms with Gasteiger partial charge >= 0.3 is 0 Å². The van der Waals surface area contributed by atoms with E-state index in [1.54, 1.807) is 11.3 Å². The van der Waals surface area contributed by atoms with Crippen LogP contribution >= 0.6 is 11.3 Å². The van der Waals surface area contributed by atoms with Crippen molar-refractivity contribution in [3.63, 3.8) is 0 Å². The maximum atomic E-state index is 13.1. The maximum Gasteiger partial charge on any atom is 0.274 e. The molecule has 8 nitrogen and oxygen atoms in total. The number of hydrogen-bond acceptors (Lipinski definition) is 7. The summed E-state index contributed by atoms with van der Waals surface area (Å²) in [6.07, 6.45) is 6.97. The van der Waals surface area contributed by atoms with Gasteiger partial charge in [-0.2, -0.15) is 5.10 Å². The quantitative estimate of drug-likeness (QED) is 0.666. The Balaban J connectivity index is 1.32. The number of amides is 1. The number of H-pyrrole nitrogens is 1. The molecule has 9 heteroatoms. The number of aromatic nitrogens is 5. The first kappa shape index (κ1) is 19.2. The molecule has 156 valence electrons. The summed E-state index contributed by atoms with van der Waals surface area (Å²) in [6, 6.07) is 1.98. The fourth-order valence-electron chi connectivity index (χ4n) is 4.38. The lowest BCUT2D eigenvalue weighted by Crippen LogP contribution is -2.30. The minimum absolute atomic E-state index is 0.0410. The first-order chi connectivity index (χ1) is 14.6. The minimum atomic E-state index is 0.0410. The van der Waals surface area contributed by atoms with Gasteiger partial charge in [-0.3, -0.25) is 9.89 Å². The molecule has 0 unspecified atom stereocenters. The Kier molecular flexibility index (Phi) is 4.98. The van der Waals surface area contributed by atoms with Crippen LogP contribution in [0.2, 0.25) is 0 Å². The zero-order valence-corrected chi connectivity index (χ0v) is 18.1. The number of nitrogens with zero attached hydrogens (tertiary/aromatic N) is 5. The van der Waals surface area contributed by atoms with Crippen molar-refractivity contribution in [1.82, 2.24) is 30.0 Å². The summed E-state index contributed by atoms with van der Waals surface area (Å²) in [5.41, 5.74) is 3.85. The molecular formula is C21H25N7OS. The van der Waals surface area contributed by atoms with E-state index >= 15 is 0 Å². The van der Waals surface area contributed by atoms with E-state index in [0.29, 0.717) is 12.2 Å². The molecule has 0 spiro atoms. The predicted octanol–water partition coefficient (Wildman–Crippen LogP) is 3.53. The van der Waals surface area contributed by atoms with Crippen molar-refractivity contribution < 1.29 is 4.79 Å². The molecule has 0 radical (unpaired) electrons. The Morgan fingerprint density at radius 1 is 1.27 bits per heavy atom. The van der Waals surface area contributed by atoms with Gasteiger partial charge in [0, 0.05) is 47.4 Å². The number of nitrogens with one attached hydrogen (secondary N) is 2. The van der Waals surface area contributed by atoms with Crippen LogP contribution in [0.1, 0.15) is 63.3 Å². The smallest absolute Gasteiger partial charge is 0.274 e. The van der Waals surface area contributed by atoms with Crippen molar-refractivity contribution in [2.24, 2.45) is 0 Å². The van der Waals surface area contributed by atoms with Crippen LogP contribution in [-0.4, -0.2) is 49.0 Å². The van der Waals surface area contributed by atoms with Gasteiger partial charge in [-0.25, -0.2) is 15.0 Å². The predicted molar refractivity (Wildman–Crippen MR) is 115 cm³/mol. The molecular weight excluding hydrogens is 398 g/mol. The van der Waals surface area contributed by atoms with Gasteiger partial charge in [-0.1, -0.05) is 0 Å². The van der Waals surface area contributed by atoms with Gasteiger partial charge in [0.25, 0.3) is 5.91 Å². The van der Waals surface area contributed by atoms with Crippen LogP contribution in [0, 0.1) is 13.8 Å². The van der Waals surface area contributed by atoms with Gasteiger partial charge in [-0.15, -0.1) is 11.3 Å². The zero-order chi connectivity index (χ0) is 20.7. The molecule has 4 heterocycles. The molecule has 2 aliphatic rings. The standard InChI is InChI=1S/C21H25N7OS/c1-12-10-22-21(30-12)25-18-9-17(23-13(2)24-18)14-7-8-28(11-14)20(29)19-15-5-3-4-6-16(15)26-27-19/h9-10,14H,3-8,11H2,1-2H3,(H,26,27)(H,22,23,24,25)/t14-/m0/s1. The second kappa shape index (κ2) is 7.79. The van der Waals surface area contributed by atoms with E-state index in [0.717, 1.165) is 70.8 Å². The van der Waals surface area contributed by atoms with Crippen LogP contribution in [0.15, 0.2) is 12.3 Å². The number of anilines is 2. The topological polar surface area (TPSA) is 99.7 Å². The monoisotopic (exact) mass is 423 g/mol. The fraction of sp³-hybridized carbons (Fsp3) is 0.476. The van der Waals surface area contributed by atoms with Gasteiger partial charge < -0.3 is 10.2 Å². The molecule has 3 aromatic rings. The summed E-state index contributed by atoms with van der Waals surface area (Å²) in [7, 11) is 0. The Morgan fingerprint density at radius 2 is 2.13 bits per heavy atom. The van der Waals surface area contributed by atoms with Gasteiger partial charge in [0.05, 0.1) is 5.69 Å². The minimum Gasteiger partial charge on any atom is -0.337 e. The molecule has 1 fully saturated rings. The van der Waals surface area contributed by atoms with E-state index in [-0.39, 0.29) is 11.8 Å². The normalized spacial score (nSPS) is 18.5. The summed E-state index contributed by atoms with van der Waals surface area (Å²) in [6.45, 7) is 5.31. The van der Waals surface area contributed by atoms with Crippen LogP contribution in [0.5, 0.6) is 0 Å². The average molecular weight is 424 g/mol. The Labute approximate surface area is 179 Å². The fourth-order valence-corrected chi connectivity index (χ4v) is 5.05. The summed E-state index contributed by atoms with van der Waals surface area (Å²) >= 11 is 1.60. The Hall–Kier alpha value is -2.81. The van der Waals surface area contributed by atoms with Crippen LogP contribution in [0.25, 0.3) is 0 Å². The van der Waals surface area contributed by atoms with Crippen molar-refractivity contribution in [2.45, 2.75) is 51.9 Å². The highest BCUT2D eigenvalue weighted by Gasteiger charge is 2.32. The van der Waals surface area contributed by atoms with Crippen LogP contribution in [0.3, 0.4) is 0 Å². The summed E-state index contributed by atoms with van der Waals surface area (Å²) in [5, 5.41) is 11.5. The van der Waals surface area contributed by atoms with Crippen molar-refractivity contribution in [2.75, 3.05) is 18.4 Å². The molecule has 0 saturated carbocycles. The number of thiazole rings is 1. The number of rotatable bonds is 4. The Bertz CT molecular complexity index is 1090. The lowest BCUT2D eigenvalue weighted by atomic mass is 9.95.